The zero-order valence-corrected chi connectivity index (χ0v) is 13.5. The molecule has 116 valence electrons. The zero-order chi connectivity index (χ0) is 16.3. The topological polar surface area (TPSA) is 87.5 Å². The van der Waals surface area contributed by atoms with Crippen LogP contribution in [0, 0.1) is 0 Å². The summed E-state index contributed by atoms with van der Waals surface area (Å²) in [5.74, 6) is -0.571. The molecule has 0 aliphatic heterocycles. The first-order valence-electron chi connectivity index (χ1n) is 6.62. The summed E-state index contributed by atoms with van der Waals surface area (Å²) in [5.41, 5.74) is 7.73. The van der Waals surface area contributed by atoms with Crippen LogP contribution in [0.3, 0.4) is 0 Å². The Morgan fingerprint density at radius 3 is 2.32 bits per heavy atom. The van der Waals surface area contributed by atoms with E-state index >= 15 is 0 Å². The number of carbonyl (C=O) groups excluding carboxylic acids is 2. The van der Waals surface area contributed by atoms with Gasteiger partial charge in [-0.25, -0.2) is 4.79 Å². The number of amides is 3. The number of carbonyl (C=O) groups is 2. The van der Waals surface area contributed by atoms with Crippen LogP contribution < -0.4 is 21.3 Å². The molecule has 4 N–H and O–H groups in total. The molecule has 0 aliphatic carbocycles. The van der Waals surface area contributed by atoms with E-state index in [0.717, 1.165) is 16.1 Å². The monoisotopic (exact) mass is 318 g/mol. The van der Waals surface area contributed by atoms with E-state index in [1.807, 2.05) is 43.3 Å². The Kier molecular flexibility index (Phi) is 4.67. The molecule has 0 unspecified atom stereocenters. The number of anilines is 2. The van der Waals surface area contributed by atoms with Crippen molar-refractivity contribution in [2.75, 3.05) is 31.4 Å². The molecule has 0 radical (unpaired) electrons. The van der Waals surface area contributed by atoms with Crippen molar-refractivity contribution in [1.82, 2.24) is 5.32 Å². The SMILES string of the molecule is CNC(=O)Nc1sc(-c2ccc(N(C)C)cc2)cc1C(N)=O. The van der Waals surface area contributed by atoms with Crippen LogP contribution in [0.4, 0.5) is 15.5 Å². The summed E-state index contributed by atoms with van der Waals surface area (Å²) in [6, 6.07) is 9.22. The Labute approximate surface area is 132 Å². The highest BCUT2D eigenvalue weighted by atomic mass is 32.1. The third-order valence-electron chi connectivity index (χ3n) is 3.12. The average Bonchev–Trinajstić information content (AvgIpc) is 2.91. The minimum atomic E-state index is -0.571. The molecule has 1 heterocycles. The number of benzene rings is 1. The van der Waals surface area contributed by atoms with Gasteiger partial charge in [0.05, 0.1) is 5.56 Å². The number of hydrogen-bond donors (Lipinski definition) is 3. The van der Waals surface area contributed by atoms with Crippen LogP contribution in [0.15, 0.2) is 30.3 Å². The summed E-state index contributed by atoms with van der Waals surface area (Å²) < 4.78 is 0. The summed E-state index contributed by atoms with van der Waals surface area (Å²) in [6.45, 7) is 0. The van der Waals surface area contributed by atoms with Gasteiger partial charge < -0.3 is 16.0 Å². The lowest BCUT2D eigenvalue weighted by atomic mass is 10.1. The molecule has 2 rings (SSSR count). The summed E-state index contributed by atoms with van der Waals surface area (Å²) in [7, 11) is 5.45. The van der Waals surface area contributed by atoms with E-state index in [4.69, 9.17) is 5.73 Å². The molecular weight excluding hydrogens is 300 g/mol. The summed E-state index contributed by atoms with van der Waals surface area (Å²) in [6.07, 6.45) is 0. The number of rotatable bonds is 4. The molecule has 7 heteroatoms. The van der Waals surface area contributed by atoms with Crippen molar-refractivity contribution in [1.29, 1.82) is 0 Å². The Morgan fingerprint density at radius 2 is 1.82 bits per heavy atom. The van der Waals surface area contributed by atoms with E-state index in [0.29, 0.717) is 10.6 Å². The first kappa shape index (κ1) is 15.8. The number of thiophene rings is 1. The van der Waals surface area contributed by atoms with Gasteiger partial charge >= 0.3 is 6.03 Å². The smallest absolute Gasteiger partial charge is 0.319 e. The van der Waals surface area contributed by atoms with Crippen molar-refractivity contribution >= 4 is 34.0 Å². The van der Waals surface area contributed by atoms with Gasteiger partial charge in [-0.2, -0.15) is 0 Å². The maximum Gasteiger partial charge on any atom is 0.319 e. The van der Waals surface area contributed by atoms with Gasteiger partial charge in [0.2, 0.25) is 0 Å². The first-order chi connectivity index (χ1) is 10.4. The van der Waals surface area contributed by atoms with Crippen LogP contribution in [-0.4, -0.2) is 33.1 Å². The van der Waals surface area contributed by atoms with E-state index in [1.165, 1.54) is 18.4 Å². The Morgan fingerprint density at radius 1 is 1.18 bits per heavy atom. The van der Waals surface area contributed by atoms with Crippen LogP contribution in [0.2, 0.25) is 0 Å². The molecule has 6 nitrogen and oxygen atoms in total. The van der Waals surface area contributed by atoms with Gasteiger partial charge in [-0.15, -0.1) is 11.3 Å². The van der Waals surface area contributed by atoms with Crippen LogP contribution in [0.1, 0.15) is 10.4 Å². The highest BCUT2D eigenvalue weighted by Gasteiger charge is 2.16. The Hall–Kier alpha value is -2.54. The second-order valence-electron chi connectivity index (χ2n) is 4.86. The Bertz CT molecular complexity index is 692. The van der Waals surface area contributed by atoms with Gasteiger partial charge in [-0.1, -0.05) is 12.1 Å². The van der Waals surface area contributed by atoms with Crippen molar-refractivity contribution in [3.63, 3.8) is 0 Å². The lowest BCUT2D eigenvalue weighted by molar-refractivity contribution is 0.100. The van der Waals surface area contributed by atoms with E-state index in [2.05, 4.69) is 10.6 Å². The number of nitrogens with one attached hydrogen (secondary N) is 2. The molecule has 0 atom stereocenters. The molecular formula is C15H18N4O2S. The standard InChI is InChI=1S/C15H18N4O2S/c1-17-15(21)18-14-11(13(16)20)8-12(22-14)9-4-6-10(7-5-9)19(2)3/h4-8H,1-3H3,(H2,16,20)(H2,17,18,21). The molecule has 1 aromatic heterocycles. The average molecular weight is 318 g/mol. The fourth-order valence-electron chi connectivity index (χ4n) is 1.90. The molecule has 0 saturated carbocycles. The van der Waals surface area contributed by atoms with Crippen LogP contribution in [0.5, 0.6) is 0 Å². The van der Waals surface area contributed by atoms with Crippen molar-refractivity contribution < 1.29 is 9.59 Å². The Balaban J connectivity index is 2.37. The molecule has 1 aromatic carbocycles. The van der Waals surface area contributed by atoms with Crippen molar-refractivity contribution in [2.24, 2.45) is 5.73 Å². The van der Waals surface area contributed by atoms with Crippen LogP contribution in [0.25, 0.3) is 10.4 Å². The van der Waals surface area contributed by atoms with Crippen molar-refractivity contribution in [3.8, 4) is 10.4 Å². The minimum Gasteiger partial charge on any atom is -0.378 e. The predicted octanol–water partition coefficient (Wildman–Crippen LogP) is 2.33. The number of nitrogens with two attached hydrogens (primary N) is 1. The molecule has 3 amide bonds. The van der Waals surface area contributed by atoms with E-state index in [-0.39, 0.29) is 6.03 Å². The second-order valence-corrected chi connectivity index (χ2v) is 5.92. The molecule has 0 fully saturated rings. The lowest BCUT2D eigenvalue weighted by Gasteiger charge is -2.12. The van der Waals surface area contributed by atoms with Crippen LogP contribution in [-0.2, 0) is 0 Å². The van der Waals surface area contributed by atoms with Gasteiger partial charge in [0.1, 0.15) is 5.00 Å². The fraction of sp³-hybridized carbons (Fsp3) is 0.200. The molecule has 0 bridgehead atoms. The quantitative estimate of drug-likeness (QED) is 0.808. The molecule has 0 saturated heterocycles. The number of primary amides is 1. The first-order valence-corrected chi connectivity index (χ1v) is 7.44. The summed E-state index contributed by atoms with van der Waals surface area (Å²) in [5, 5.41) is 5.51. The highest BCUT2D eigenvalue weighted by molar-refractivity contribution is 7.20. The van der Waals surface area contributed by atoms with Gasteiger partial charge in [0, 0.05) is 31.7 Å². The number of nitrogens with zero attached hydrogens (tertiary/aromatic N) is 1. The van der Waals surface area contributed by atoms with E-state index in [9.17, 15) is 9.59 Å². The number of hydrogen-bond acceptors (Lipinski definition) is 4. The predicted molar refractivity (Wildman–Crippen MR) is 90.7 cm³/mol. The normalized spacial score (nSPS) is 10.1. The largest absolute Gasteiger partial charge is 0.378 e. The van der Waals surface area contributed by atoms with Gasteiger partial charge in [0.15, 0.2) is 0 Å². The lowest BCUT2D eigenvalue weighted by Crippen LogP contribution is -2.25. The number of urea groups is 1. The van der Waals surface area contributed by atoms with E-state index in [1.54, 1.807) is 6.07 Å². The van der Waals surface area contributed by atoms with Gasteiger partial charge in [0.25, 0.3) is 5.91 Å². The third kappa shape index (κ3) is 3.37. The minimum absolute atomic E-state index is 0.306. The molecule has 0 aliphatic rings. The molecule has 22 heavy (non-hydrogen) atoms. The summed E-state index contributed by atoms with van der Waals surface area (Å²) >= 11 is 1.31. The second kappa shape index (κ2) is 6.48. The zero-order valence-electron chi connectivity index (χ0n) is 12.6. The maximum absolute atomic E-state index is 11.5. The highest BCUT2D eigenvalue weighted by Crippen LogP contribution is 2.35. The molecule has 0 spiro atoms. The van der Waals surface area contributed by atoms with Gasteiger partial charge in [-0.3, -0.25) is 10.1 Å². The molecule has 2 aromatic rings. The van der Waals surface area contributed by atoms with Crippen LogP contribution >= 0.6 is 11.3 Å². The van der Waals surface area contributed by atoms with Gasteiger partial charge in [-0.05, 0) is 23.8 Å². The van der Waals surface area contributed by atoms with Crippen molar-refractivity contribution in [2.45, 2.75) is 0 Å². The van der Waals surface area contributed by atoms with E-state index < -0.39 is 5.91 Å². The third-order valence-corrected chi connectivity index (χ3v) is 4.22. The maximum atomic E-state index is 11.5. The van der Waals surface area contributed by atoms with Crippen molar-refractivity contribution in [3.05, 3.63) is 35.9 Å². The fourth-order valence-corrected chi connectivity index (χ4v) is 2.96. The summed E-state index contributed by atoms with van der Waals surface area (Å²) in [4.78, 5) is 25.9.